The van der Waals surface area contributed by atoms with E-state index in [0.717, 1.165) is 12.1 Å². The van der Waals surface area contributed by atoms with Crippen LogP contribution in [0.4, 0.5) is 14.5 Å². The molecule has 7 nitrogen and oxygen atoms in total. The van der Waals surface area contributed by atoms with Crippen molar-refractivity contribution in [1.82, 2.24) is 10.1 Å². The van der Waals surface area contributed by atoms with Gasteiger partial charge in [0.15, 0.2) is 0 Å². The molecule has 1 atom stereocenters. The third kappa shape index (κ3) is 2.77. The van der Waals surface area contributed by atoms with Crippen LogP contribution < -0.4 is 5.73 Å². The van der Waals surface area contributed by atoms with Crippen LogP contribution in [0.3, 0.4) is 0 Å². The Kier molecular flexibility index (Phi) is 4.03. The van der Waals surface area contributed by atoms with E-state index in [-0.39, 0.29) is 5.89 Å². The quantitative estimate of drug-likeness (QED) is 0.516. The number of nitrogens with two attached hydrogens (primary N) is 1. The second-order valence-corrected chi connectivity index (χ2v) is 4.10. The van der Waals surface area contributed by atoms with Gasteiger partial charge in [-0.1, -0.05) is 11.2 Å². The molecule has 1 unspecified atom stereocenters. The molecule has 2 rings (SSSR count). The summed E-state index contributed by atoms with van der Waals surface area (Å²) in [5, 5.41) is 14.1. The number of rotatable bonds is 5. The number of benzene rings is 1. The first-order chi connectivity index (χ1) is 9.95. The number of nitrogens with zero attached hydrogens (tertiary/aromatic N) is 3. The summed E-state index contributed by atoms with van der Waals surface area (Å²) in [6.45, 7) is 3.49. The van der Waals surface area contributed by atoms with Gasteiger partial charge in [0.1, 0.15) is 11.4 Å². The maximum absolute atomic E-state index is 14.0. The predicted octanol–water partition coefficient (Wildman–Crippen LogP) is 2.50. The molecule has 1 aromatic carbocycles. The van der Waals surface area contributed by atoms with Crippen molar-refractivity contribution >= 4 is 5.69 Å². The molecule has 1 aromatic heterocycles. The zero-order valence-corrected chi connectivity index (χ0v) is 10.6. The van der Waals surface area contributed by atoms with Crippen molar-refractivity contribution in [2.75, 3.05) is 0 Å². The van der Waals surface area contributed by atoms with E-state index in [1.165, 1.54) is 6.08 Å². The Morgan fingerprint density at radius 2 is 2.24 bits per heavy atom. The fraction of sp³-hybridized carbons (Fsp3) is 0.167. The summed E-state index contributed by atoms with van der Waals surface area (Å²) in [4.78, 5) is 13.5. The molecule has 0 spiro atoms. The van der Waals surface area contributed by atoms with Gasteiger partial charge in [0.25, 0.3) is 0 Å². The number of halogens is 2. The number of hydrogen-bond acceptors (Lipinski definition) is 6. The van der Waals surface area contributed by atoms with Crippen LogP contribution >= 0.6 is 0 Å². The van der Waals surface area contributed by atoms with Crippen molar-refractivity contribution in [3.05, 3.63) is 52.4 Å². The smallest absolute Gasteiger partial charge is 0.305 e. The minimum atomic E-state index is -1.37. The van der Waals surface area contributed by atoms with Crippen LogP contribution in [0, 0.1) is 21.7 Å². The standard InChI is InChI=1S/C12H10F2N4O3/c1-2-3-7(15)12-16-11(17-21-12)9-6(13)4-5-8(10(9)14)18(19)20/h2,4-5,7H,1,3,15H2. The van der Waals surface area contributed by atoms with Crippen molar-refractivity contribution in [2.24, 2.45) is 5.73 Å². The van der Waals surface area contributed by atoms with E-state index in [1.807, 2.05) is 0 Å². The topological polar surface area (TPSA) is 108 Å². The molecule has 9 heteroatoms. The van der Waals surface area contributed by atoms with Gasteiger partial charge >= 0.3 is 5.69 Å². The Bertz CT molecular complexity index is 702. The molecule has 21 heavy (non-hydrogen) atoms. The summed E-state index contributed by atoms with van der Waals surface area (Å²) >= 11 is 0. The van der Waals surface area contributed by atoms with Gasteiger partial charge in [0.2, 0.25) is 17.5 Å². The van der Waals surface area contributed by atoms with Crippen LogP contribution in [-0.2, 0) is 0 Å². The van der Waals surface area contributed by atoms with Crippen molar-refractivity contribution in [1.29, 1.82) is 0 Å². The molecule has 0 fully saturated rings. The highest BCUT2D eigenvalue weighted by atomic mass is 19.1. The van der Waals surface area contributed by atoms with E-state index >= 15 is 0 Å². The summed E-state index contributed by atoms with van der Waals surface area (Å²) in [5.41, 5.74) is 4.08. The first kappa shape index (κ1) is 14.7. The van der Waals surface area contributed by atoms with E-state index in [2.05, 4.69) is 16.7 Å². The Morgan fingerprint density at radius 3 is 2.86 bits per heavy atom. The summed E-state index contributed by atoms with van der Waals surface area (Å²) in [6.07, 6.45) is 1.84. The molecule has 110 valence electrons. The van der Waals surface area contributed by atoms with Crippen LogP contribution in [0.2, 0.25) is 0 Å². The molecule has 0 aliphatic heterocycles. The second-order valence-electron chi connectivity index (χ2n) is 4.10. The van der Waals surface area contributed by atoms with Crippen LogP contribution in [0.15, 0.2) is 29.3 Å². The lowest BCUT2D eigenvalue weighted by Crippen LogP contribution is -2.09. The van der Waals surface area contributed by atoms with Crippen LogP contribution in [-0.4, -0.2) is 15.1 Å². The number of hydrogen-bond donors (Lipinski definition) is 1. The van der Waals surface area contributed by atoms with Gasteiger partial charge in [-0.15, -0.1) is 6.58 Å². The highest BCUT2D eigenvalue weighted by Gasteiger charge is 2.26. The van der Waals surface area contributed by atoms with Gasteiger partial charge in [-0.25, -0.2) is 4.39 Å². The first-order valence-electron chi connectivity index (χ1n) is 5.78. The lowest BCUT2D eigenvalue weighted by atomic mass is 10.1. The zero-order chi connectivity index (χ0) is 15.6. The molecule has 2 aromatic rings. The monoisotopic (exact) mass is 296 g/mol. The molecule has 0 radical (unpaired) electrons. The fourth-order valence-corrected chi connectivity index (χ4v) is 1.66. The number of aromatic nitrogens is 2. The molecule has 2 N–H and O–H groups in total. The molecule has 0 aliphatic rings. The second kappa shape index (κ2) is 5.75. The van der Waals surface area contributed by atoms with Gasteiger partial charge in [0.05, 0.1) is 11.0 Å². The summed E-state index contributed by atoms with van der Waals surface area (Å²) < 4.78 is 32.5. The van der Waals surface area contributed by atoms with E-state index in [4.69, 9.17) is 10.3 Å². The average Bonchev–Trinajstić information content (AvgIpc) is 2.88. The van der Waals surface area contributed by atoms with E-state index in [9.17, 15) is 18.9 Å². The summed E-state index contributed by atoms with van der Waals surface area (Å²) in [6, 6.07) is 0.808. The minimum Gasteiger partial charge on any atom is -0.337 e. The average molecular weight is 296 g/mol. The Labute approximate surface area is 117 Å². The largest absolute Gasteiger partial charge is 0.337 e. The SMILES string of the molecule is C=CCC(N)c1nc(-c2c(F)ccc([N+](=O)[O-])c2F)no1. The van der Waals surface area contributed by atoms with Gasteiger partial charge in [-0.2, -0.15) is 9.37 Å². The van der Waals surface area contributed by atoms with E-state index in [0.29, 0.717) is 6.42 Å². The Morgan fingerprint density at radius 1 is 1.52 bits per heavy atom. The fourth-order valence-electron chi connectivity index (χ4n) is 1.66. The molecule has 0 saturated heterocycles. The third-order valence-electron chi connectivity index (χ3n) is 2.67. The lowest BCUT2D eigenvalue weighted by Gasteiger charge is -2.01. The van der Waals surface area contributed by atoms with Gasteiger partial charge in [0, 0.05) is 6.07 Å². The maximum atomic E-state index is 14.0. The summed E-state index contributed by atoms with van der Waals surface area (Å²) in [5.74, 6) is -2.90. The molecular weight excluding hydrogens is 286 g/mol. The van der Waals surface area contributed by atoms with Crippen molar-refractivity contribution in [3.8, 4) is 11.4 Å². The summed E-state index contributed by atoms with van der Waals surface area (Å²) in [7, 11) is 0. The molecule has 0 aliphatic carbocycles. The molecule has 1 heterocycles. The third-order valence-corrected chi connectivity index (χ3v) is 2.67. The van der Waals surface area contributed by atoms with Crippen LogP contribution in [0.5, 0.6) is 0 Å². The van der Waals surface area contributed by atoms with Crippen LogP contribution in [0.1, 0.15) is 18.4 Å². The van der Waals surface area contributed by atoms with Crippen LogP contribution in [0.25, 0.3) is 11.4 Å². The Hall–Kier alpha value is -2.68. The minimum absolute atomic E-state index is 0.0461. The number of nitro benzene ring substituents is 1. The Balaban J connectivity index is 2.49. The van der Waals surface area contributed by atoms with Crippen molar-refractivity contribution in [3.63, 3.8) is 0 Å². The molecule has 0 amide bonds. The van der Waals surface area contributed by atoms with Crippen molar-refractivity contribution < 1.29 is 18.2 Å². The van der Waals surface area contributed by atoms with E-state index in [1.54, 1.807) is 0 Å². The zero-order valence-electron chi connectivity index (χ0n) is 10.6. The highest BCUT2D eigenvalue weighted by molar-refractivity contribution is 5.61. The normalized spacial score (nSPS) is 12.1. The maximum Gasteiger partial charge on any atom is 0.305 e. The highest BCUT2D eigenvalue weighted by Crippen LogP contribution is 2.30. The molecule has 0 bridgehead atoms. The van der Waals surface area contributed by atoms with Crippen molar-refractivity contribution in [2.45, 2.75) is 12.5 Å². The lowest BCUT2D eigenvalue weighted by molar-refractivity contribution is -0.387. The number of nitro groups is 1. The molecular formula is C12H10F2N4O3. The van der Waals surface area contributed by atoms with E-state index < -0.39 is 39.7 Å². The van der Waals surface area contributed by atoms with Gasteiger partial charge in [-0.05, 0) is 12.5 Å². The first-order valence-corrected chi connectivity index (χ1v) is 5.78. The molecule has 0 saturated carbocycles. The van der Waals surface area contributed by atoms with Gasteiger partial charge < -0.3 is 10.3 Å². The van der Waals surface area contributed by atoms with Gasteiger partial charge in [-0.3, -0.25) is 10.1 Å². The predicted molar refractivity (Wildman–Crippen MR) is 68.0 cm³/mol.